The first kappa shape index (κ1) is 15.3. The molecule has 122 valence electrons. The summed E-state index contributed by atoms with van der Waals surface area (Å²) in [5, 5.41) is 4.41. The van der Waals surface area contributed by atoms with Gasteiger partial charge in [-0.15, -0.1) is 0 Å². The van der Waals surface area contributed by atoms with E-state index in [0.717, 1.165) is 57.4 Å². The van der Waals surface area contributed by atoms with E-state index >= 15 is 0 Å². The first-order chi connectivity index (χ1) is 10.6. The molecule has 0 atom stereocenters. The van der Waals surface area contributed by atoms with Crippen LogP contribution < -0.4 is 5.69 Å². The van der Waals surface area contributed by atoms with Crippen molar-refractivity contribution in [3.05, 3.63) is 16.3 Å². The van der Waals surface area contributed by atoms with Gasteiger partial charge in [0.15, 0.2) is 0 Å². The average molecular weight is 306 g/mol. The van der Waals surface area contributed by atoms with Gasteiger partial charge in [0.05, 0.1) is 0 Å². The zero-order valence-corrected chi connectivity index (χ0v) is 13.6. The molecule has 6 nitrogen and oxygen atoms in total. The molecule has 0 N–H and O–H groups in total. The topological polar surface area (TPSA) is 60.1 Å². The summed E-state index contributed by atoms with van der Waals surface area (Å²) in [5.74, 6) is 1.32. The normalized spacial score (nSPS) is 18.1. The highest BCUT2D eigenvalue weighted by Crippen LogP contribution is 2.27. The van der Waals surface area contributed by atoms with Gasteiger partial charge in [-0.1, -0.05) is 20.3 Å². The van der Waals surface area contributed by atoms with Crippen LogP contribution in [-0.2, 0) is 24.3 Å². The van der Waals surface area contributed by atoms with Crippen LogP contribution in [0.5, 0.6) is 0 Å². The minimum absolute atomic E-state index is 0.0339. The fourth-order valence-electron chi connectivity index (χ4n) is 3.18. The largest absolute Gasteiger partial charge is 0.346 e. The number of nitrogens with zero attached hydrogens (tertiary/aromatic N) is 4. The zero-order valence-electron chi connectivity index (χ0n) is 13.6. The van der Waals surface area contributed by atoms with Crippen molar-refractivity contribution in [2.45, 2.75) is 71.5 Å². The summed E-state index contributed by atoms with van der Waals surface area (Å²) in [7, 11) is 0. The highest BCUT2D eigenvalue weighted by molar-refractivity contribution is 5.76. The van der Waals surface area contributed by atoms with Gasteiger partial charge in [-0.05, 0) is 31.6 Å². The van der Waals surface area contributed by atoms with E-state index in [1.165, 1.54) is 4.68 Å². The molecule has 0 unspecified atom stereocenters. The molecule has 2 heterocycles. The molecule has 0 spiro atoms. The first-order valence-electron chi connectivity index (χ1n) is 8.52. The lowest BCUT2D eigenvalue weighted by molar-refractivity contribution is -0.133. The van der Waals surface area contributed by atoms with Crippen molar-refractivity contribution in [1.82, 2.24) is 19.2 Å². The Kier molecular flexibility index (Phi) is 4.36. The molecule has 0 radical (unpaired) electrons. The number of aromatic nitrogens is 3. The number of carbonyl (C=O) groups is 1. The lowest BCUT2D eigenvalue weighted by atomic mass is 10.2. The van der Waals surface area contributed by atoms with Crippen LogP contribution in [0.3, 0.4) is 0 Å². The Balaban J connectivity index is 1.75. The van der Waals surface area contributed by atoms with E-state index in [0.29, 0.717) is 12.0 Å². The second kappa shape index (κ2) is 6.26. The van der Waals surface area contributed by atoms with E-state index in [4.69, 9.17) is 0 Å². The summed E-state index contributed by atoms with van der Waals surface area (Å²) in [6.45, 7) is 5.83. The molecule has 1 aromatic rings. The van der Waals surface area contributed by atoms with E-state index in [2.05, 4.69) is 18.9 Å². The van der Waals surface area contributed by atoms with Crippen molar-refractivity contribution in [2.75, 3.05) is 6.54 Å². The van der Waals surface area contributed by atoms with Gasteiger partial charge in [-0.25, -0.2) is 9.48 Å². The van der Waals surface area contributed by atoms with Gasteiger partial charge < -0.3 is 4.90 Å². The second-order valence-corrected chi connectivity index (χ2v) is 6.99. The molecule has 0 aromatic carbocycles. The van der Waals surface area contributed by atoms with Crippen molar-refractivity contribution in [3.8, 4) is 0 Å². The van der Waals surface area contributed by atoms with E-state index in [-0.39, 0.29) is 18.1 Å². The smallest absolute Gasteiger partial charge is 0.338 e. The van der Waals surface area contributed by atoms with Crippen LogP contribution in [0.4, 0.5) is 0 Å². The molecule has 1 aliphatic heterocycles. The summed E-state index contributed by atoms with van der Waals surface area (Å²) < 4.78 is 3.13. The van der Waals surface area contributed by atoms with Crippen LogP contribution in [0, 0.1) is 5.92 Å². The quantitative estimate of drug-likeness (QED) is 0.826. The predicted molar refractivity (Wildman–Crippen MR) is 83.6 cm³/mol. The highest BCUT2D eigenvalue weighted by atomic mass is 16.2. The Morgan fingerprint density at radius 1 is 1.32 bits per heavy atom. The molecule has 6 heteroatoms. The summed E-state index contributed by atoms with van der Waals surface area (Å²) in [6.07, 6.45) is 6.26. The third kappa shape index (κ3) is 3.25. The minimum Gasteiger partial charge on any atom is -0.338 e. The molecule has 1 aromatic heterocycles. The van der Waals surface area contributed by atoms with Gasteiger partial charge in [-0.3, -0.25) is 9.36 Å². The predicted octanol–water partition coefficient (Wildman–Crippen LogP) is 1.42. The number of hydrogen-bond acceptors (Lipinski definition) is 3. The number of aryl methyl sites for hydroxylation is 1. The number of carbonyl (C=O) groups excluding carboxylic acids is 1. The van der Waals surface area contributed by atoms with Gasteiger partial charge in [0.25, 0.3) is 0 Å². The van der Waals surface area contributed by atoms with Gasteiger partial charge in [-0.2, -0.15) is 5.10 Å². The molecule has 1 fully saturated rings. The van der Waals surface area contributed by atoms with Crippen molar-refractivity contribution in [3.63, 3.8) is 0 Å². The first-order valence-corrected chi connectivity index (χ1v) is 8.52. The molecule has 1 amide bonds. The molecule has 3 rings (SSSR count). The second-order valence-electron chi connectivity index (χ2n) is 6.99. The number of rotatable bonds is 5. The van der Waals surface area contributed by atoms with E-state index in [1.807, 2.05) is 4.90 Å². The lowest BCUT2D eigenvalue weighted by Crippen LogP contribution is -2.40. The zero-order chi connectivity index (χ0) is 15.7. The van der Waals surface area contributed by atoms with Crippen LogP contribution >= 0.6 is 0 Å². The number of fused-ring (bicyclic) bond motifs is 1. The minimum atomic E-state index is -0.120. The molecular formula is C16H26N4O2. The monoisotopic (exact) mass is 306 g/mol. The van der Waals surface area contributed by atoms with Crippen molar-refractivity contribution >= 4 is 5.91 Å². The van der Waals surface area contributed by atoms with Crippen LogP contribution in [0.15, 0.2) is 4.79 Å². The van der Waals surface area contributed by atoms with E-state index in [1.54, 1.807) is 4.57 Å². The summed E-state index contributed by atoms with van der Waals surface area (Å²) in [5.41, 5.74) is -0.120. The standard InChI is InChI=1S/C16H26N4O2/c1-12(2)10-19(13-7-8-13)15(21)11-20-16(22)18-9-5-3-4-6-14(18)17-20/h12-13H,3-11H2,1-2H3. The number of hydrogen-bond donors (Lipinski definition) is 0. The maximum Gasteiger partial charge on any atom is 0.346 e. The van der Waals surface area contributed by atoms with Crippen LogP contribution in [0.25, 0.3) is 0 Å². The molecular weight excluding hydrogens is 280 g/mol. The van der Waals surface area contributed by atoms with Crippen LogP contribution in [-0.4, -0.2) is 37.7 Å². The van der Waals surface area contributed by atoms with Crippen LogP contribution in [0.2, 0.25) is 0 Å². The lowest BCUT2D eigenvalue weighted by Gasteiger charge is -2.24. The van der Waals surface area contributed by atoms with Crippen LogP contribution in [0.1, 0.15) is 51.8 Å². The fourth-order valence-corrected chi connectivity index (χ4v) is 3.18. The SMILES string of the molecule is CC(C)CN(C(=O)Cn1nc2n(c1=O)CCCCC2)C1CC1. The Hall–Kier alpha value is -1.59. The summed E-state index contributed by atoms with van der Waals surface area (Å²) in [4.78, 5) is 27.0. The number of amides is 1. The molecule has 22 heavy (non-hydrogen) atoms. The van der Waals surface area contributed by atoms with Crippen molar-refractivity contribution in [1.29, 1.82) is 0 Å². The van der Waals surface area contributed by atoms with E-state index in [9.17, 15) is 9.59 Å². The molecule has 1 aliphatic carbocycles. The Morgan fingerprint density at radius 3 is 2.77 bits per heavy atom. The van der Waals surface area contributed by atoms with Gasteiger partial charge >= 0.3 is 5.69 Å². The molecule has 1 saturated carbocycles. The maximum atomic E-state index is 12.6. The Morgan fingerprint density at radius 2 is 2.09 bits per heavy atom. The van der Waals surface area contributed by atoms with E-state index < -0.39 is 0 Å². The Bertz CT molecular complexity index is 598. The van der Waals surface area contributed by atoms with Crippen molar-refractivity contribution < 1.29 is 4.79 Å². The fraction of sp³-hybridized carbons (Fsp3) is 0.812. The van der Waals surface area contributed by atoms with Gasteiger partial charge in [0.2, 0.25) is 5.91 Å². The maximum absolute atomic E-state index is 12.6. The summed E-state index contributed by atoms with van der Waals surface area (Å²) in [6, 6.07) is 0.381. The average Bonchev–Trinajstić information content (AvgIpc) is 3.27. The third-order valence-electron chi connectivity index (χ3n) is 4.44. The van der Waals surface area contributed by atoms with Gasteiger partial charge in [0.1, 0.15) is 12.4 Å². The molecule has 2 aliphatic rings. The highest BCUT2D eigenvalue weighted by Gasteiger charge is 2.33. The third-order valence-corrected chi connectivity index (χ3v) is 4.44. The summed E-state index contributed by atoms with van der Waals surface area (Å²) >= 11 is 0. The Labute approximate surface area is 131 Å². The van der Waals surface area contributed by atoms with Gasteiger partial charge in [0, 0.05) is 25.6 Å². The van der Waals surface area contributed by atoms with Crippen molar-refractivity contribution in [2.24, 2.45) is 5.92 Å². The molecule has 0 saturated heterocycles. The molecule has 0 bridgehead atoms.